The van der Waals surface area contributed by atoms with E-state index in [1.54, 1.807) is 6.07 Å². The molecule has 140 valence electrons. The highest BCUT2D eigenvalue weighted by Gasteiger charge is 2.12. The number of nitrogens with zero attached hydrogens (tertiary/aromatic N) is 1. The molecule has 1 aromatic rings. The predicted octanol–water partition coefficient (Wildman–Crippen LogP) is 6.06. The lowest BCUT2D eigenvalue weighted by Crippen LogP contribution is -2.05. The summed E-state index contributed by atoms with van der Waals surface area (Å²) in [6.45, 7) is 6.91. The summed E-state index contributed by atoms with van der Waals surface area (Å²) in [4.78, 5) is 5.14. The Balaban J connectivity index is 2.67. The fourth-order valence-corrected chi connectivity index (χ4v) is 2.41. The molecule has 0 saturated heterocycles. The van der Waals surface area contributed by atoms with Crippen LogP contribution in [0.2, 0.25) is 5.02 Å². The van der Waals surface area contributed by atoms with Gasteiger partial charge in [0.25, 0.3) is 0 Å². The molecule has 1 rings (SSSR count). The third kappa shape index (κ3) is 9.12. The molecule has 0 amide bonds. The van der Waals surface area contributed by atoms with E-state index in [0.29, 0.717) is 36.2 Å². The van der Waals surface area contributed by atoms with Gasteiger partial charge in [-0.25, -0.2) is 0 Å². The zero-order valence-electron chi connectivity index (χ0n) is 14.8. The summed E-state index contributed by atoms with van der Waals surface area (Å²) in [7, 11) is 0. The number of benzene rings is 1. The summed E-state index contributed by atoms with van der Waals surface area (Å²) >= 11 is 9.05. The molecule has 0 aliphatic rings. The van der Waals surface area contributed by atoms with Gasteiger partial charge in [-0.1, -0.05) is 30.1 Å². The molecule has 0 heterocycles. The molecule has 0 unspecified atom stereocenters. The van der Waals surface area contributed by atoms with Crippen molar-refractivity contribution in [2.75, 3.05) is 19.8 Å². The van der Waals surface area contributed by atoms with Crippen molar-refractivity contribution in [2.45, 2.75) is 40.0 Å². The van der Waals surface area contributed by atoms with E-state index in [9.17, 15) is 4.39 Å². The topological polar surface area (TPSA) is 40.0 Å². The van der Waals surface area contributed by atoms with Gasteiger partial charge in [-0.05, 0) is 53.9 Å². The van der Waals surface area contributed by atoms with Crippen LogP contribution in [0.3, 0.4) is 0 Å². The van der Waals surface area contributed by atoms with Gasteiger partial charge in [-0.15, -0.1) is 0 Å². The van der Waals surface area contributed by atoms with Crippen LogP contribution in [0.4, 0.5) is 4.39 Å². The van der Waals surface area contributed by atoms with Crippen molar-refractivity contribution in [1.82, 2.24) is 0 Å². The maximum atomic E-state index is 12.7. The van der Waals surface area contributed by atoms with Gasteiger partial charge in [-0.3, -0.25) is 0 Å². The van der Waals surface area contributed by atoms with Gasteiger partial charge in [0.2, 0.25) is 0 Å². The Bertz CT molecular complexity index is 600. The number of oxime groups is 1. The molecule has 0 saturated carbocycles. The van der Waals surface area contributed by atoms with Crippen LogP contribution < -0.4 is 9.47 Å². The number of ether oxygens (including phenoxy) is 2. The minimum Gasteiger partial charge on any atom is -0.492 e. The first-order valence-corrected chi connectivity index (χ1v) is 9.33. The van der Waals surface area contributed by atoms with Crippen LogP contribution in [-0.4, -0.2) is 25.5 Å². The molecule has 0 atom stereocenters. The second-order valence-electron chi connectivity index (χ2n) is 5.52. The Morgan fingerprint density at radius 2 is 2.04 bits per heavy atom. The molecule has 0 bridgehead atoms. The highest BCUT2D eigenvalue weighted by Crippen LogP contribution is 2.34. The summed E-state index contributed by atoms with van der Waals surface area (Å²) in [5.41, 5.74) is 1.84. The van der Waals surface area contributed by atoms with Crippen LogP contribution in [0.1, 0.15) is 39.2 Å². The van der Waals surface area contributed by atoms with E-state index in [1.165, 1.54) is 6.08 Å². The molecule has 0 fully saturated rings. The fraction of sp³-hybridized carbons (Fsp3) is 0.500. The van der Waals surface area contributed by atoms with Crippen molar-refractivity contribution in [3.63, 3.8) is 0 Å². The normalized spacial score (nSPS) is 11.2. The maximum Gasteiger partial charge on any atom is 0.165 e. The van der Waals surface area contributed by atoms with Crippen molar-refractivity contribution >= 4 is 33.2 Å². The first-order chi connectivity index (χ1) is 11.9. The van der Waals surface area contributed by atoms with Crippen LogP contribution in [-0.2, 0) is 11.3 Å². The molecule has 25 heavy (non-hydrogen) atoms. The Hall–Kier alpha value is -1.27. The minimum absolute atomic E-state index is 0.119. The van der Waals surface area contributed by atoms with E-state index in [0.717, 1.165) is 24.1 Å². The molecule has 1 aromatic carbocycles. The van der Waals surface area contributed by atoms with Crippen molar-refractivity contribution in [3.05, 3.63) is 33.5 Å². The molecule has 4 nitrogen and oxygen atoms in total. The molecule has 0 spiro atoms. The Morgan fingerprint density at radius 3 is 2.68 bits per heavy atom. The molecule has 0 aliphatic carbocycles. The fourth-order valence-electron chi connectivity index (χ4n) is 2.00. The quantitative estimate of drug-likeness (QED) is 0.240. The van der Waals surface area contributed by atoms with Gasteiger partial charge in [0.05, 0.1) is 17.3 Å². The Labute approximate surface area is 162 Å². The summed E-state index contributed by atoms with van der Waals surface area (Å²) in [5.74, 6) is 1.25. The number of rotatable bonds is 11. The van der Waals surface area contributed by atoms with Gasteiger partial charge in [-0.2, -0.15) is 4.39 Å². The lowest BCUT2D eigenvalue weighted by molar-refractivity contribution is 0.127. The first kappa shape index (κ1) is 21.8. The lowest BCUT2D eigenvalue weighted by Gasteiger charge is -2.15. The van der Waals surface area contributed by atoms with Gasteiger partial charge in [0.15, 0.2) is 4.74 Å². The van der Waals surface area contributed by atoms with E-state index >= 15 is 0 Å². The third-order valence-corrected chi connectivity index (χ3v) is 3.58. The Morgan fingerprint density at radius 1 is 1.28 bits per heavy atom. The van der Waals surface area contributed by atoms with E-state index in [4.69, 9.17) is 25.9 Å². The molecular formula is C18H24BrClFNO3. The average molecular weight is 437 g/mol. The summed E-state index contributed by atoms with van der Waals surface area (Å²) < 4.78 is 23.5. The van der Waals surface area contributed by atoms with E-state index in [2.05, 4.69) is 28.0 Å². The molecule has 7 heteroatoms. The monoisotopic (exact) mass is 435 g/mol. The van der Waals surface area contributed by atoms with E-state index in [1.807, 2.05) is 19.9 Å². The van der Waals surface area contributed by atoms with Crippen LogP contribution in [0.5, 0.6) is 11.5 Å². The number of halogens is 3. The number of aryl methyl sites for hydroxylation is 1. The van der Waals surface area contributed by atoms with Gasteiger partial charge < -0.3 is 14.3 Å². The minimum atomic E-state index is -0.461. The average Bonchev–Trinajstić information content (AvgIpc) is 2.52. The zero-order chi connectivity index (χ0) is 18.7. The lowest BCUT2D eigenvalue weighted by atomic mass is 10.1. The van der Waals surface area contributed by atoms with E-state index < -0.39 is 4.74 Å². The highest BCUT2D eigenvalue weighted by atomic mass is 79.9. The SMILES string of the molecule is CCCc1cc(OC/C=C(\F)Br)cc(Cl)c1OCCCON=C(C)C. The summed E-state index contributed by atoms with van der Waals surface area (Å²) in [6, 6.07) is 3.56. The number of hydrogen-bond acceptors (Lipinski definition) is 4. The number of hydrogen-bond donors (Lipinski definition) is 0. The van der Waals surface area contributed by atoms with Crippen molar-refractivity contribution in [3.8, 4) is 11.5 Å². The van der Waals surface area contributed by atoms with Gasteiger partial charge >= 0.3 is 0 Å². The molecule has 0 N–H and O–H groups in total. The molecule has 0 aromatic heterocycles. The predicted molar refractivity (Wildman–Crippen MR) is 104 cm³/mol. The summed E-state index contributed by atoms with van der Waals surface area (Å²) in [6.07, 6.45) is 3.74. The van der Waals surface area contributed by atoms with Crippen molar-refractivity contribution in [1.29, 1.82) is 0 Å². The van der Waals surface area contributed by atoms with Crippen LogP contribution in [0, 0.1) is 0 Å². The second kappa shape index (κ2) is 12.1. The second-order valence-corrected chi connectivity index (χ2v) is 6.69. The highest BCUT2D eigenvalue weighted by molar-refractivity contribution is 9.11. The third-order valence-electron chi connectivity index (χ3n) is 2.97. The smallest absolute Gasteiger partial charge is 0.165 e. The first-order valence-electron chi connectivity index (χ1n) is 8.16. The van der Waals surface area contributed by atoms with Crippen LogP contribution in [0.15, 0.2) is 28.1 Å². The standard InChI is InChI=1S/C18H24BrClFNO3/c1-4-6-14-11-15(23-10-7-17(19)21)12-16(20)18(14)24-8-5-9-25-22-13(2)3/h7,11-12H,4-6,8-10H2,1-3H3/b17-7-. The zero-order valence-corrected chi connectivity index (χ0v) is 17.1. The van der Waals surface area contributed by atoms with Gasteiger partial charge in [0.1, 0.15) is 24.7 Å². The van der Waals surface area contributed by atoms with Crippen molar-refractivity contribution < 1.29 is 18.7 Å². The largest absolute Gasteiger partial charge is 0.492 e. The van der Waals surface area contributed by atoms with Crippen molar-refractivity contribution in [2.24, 2.45) is 5.16 Å². The molecule has 0 aliphatic heterocycles. The molecule has 0 radical (unpaired) electrons. The Kier molecular flexibility index (Phi) is 10.6. The molecular weight excluding hydrogens is 413 g/mol. The van der Waals surface area contributed by atoms with Crippen LogP contribution in [0.25, 0.3) is 0 Å². The summed E-state index contributed by atoms with van der Waals surface area (Å²) in [5, 5.41) is 4.35. The van der Waals surface area contributed by atoms with Gasteiger partial charge in [0, 0.05) is 12.5 Å². The van der Waals surface area contributed by atoms with E-state index in [-0.39, 0.29) is 6.61 Å². The maximum absolute atomic E-state index is 12.7. The van der Waals surface area contributed by atoms with Crippen LogP contribution >= 0.6 is 27.5 Å².